The van der Waals surface area contributed by atoms with Gasteiger partial charge < -0.3 is 16.4 Å². The van der Waals surface area contributed by atoms with Gasteiger partial charge in [0.2, 0.25) is 5.82 Å². The molecule has 2 rings (SSSR count). The maximum Gasteiger partial charge on any atom is 0.316 e. The number of carbonyl (C=O) groups is 2. The second-order valence-corrected chi connectivity index (χ2v) is 3.98. The summed E-state index contributed by atoms with van der Waals surface area (Å²) in [5, 5.41) is 11.5. The average molecular weight is 274 g/mol. The van der Waals surface area contributed by atoms with Crippen LogP contribution in [0.15, 0.2) is 24.3 Å². The van der Waals surface area contributed by atoms with Gasteiger partial charge in [0.05, 0.1) is 0 Å². The number of aromatic nitrogens is 3. The third-order valence-electron chi connectivity index (χ3n) is 2.46. The lowest BCUT2D eigenvalue weighted by Crippen LogP contribution is -2.19. The Balaban J connectivity index is 2.09. The van der Waals surface area contributed by atoms with Crippen LogP contribution < -0.4 is 16.4 Å². The SMILES string of the molecule is CCc1nc(C(=O)Nc2cccc(NC(N)=O)c2)n[nH]1. The summed E-state index contributed by atoms with van der Waals surface area (Å²) in [6.45, 7) is 1.90. The van der Waals surface area contributed by atoms with Crippen LogP contribution in [-0.2, 0) is 6.42 Å². The molecule has 0 aliphatic heterocycles. The largest absolute Gasteiger partial charge is 0.351 e. The zero-order chi connectivity index (χ0) is 14.5. The van der Waals surface area contributed by atoms with Crippen LogP contribution in [-0.4, -0.2) is 27.1 Å². The maximum atomic E-state index is 11.9. The number of amides is 3. The molecule has 0 atom stereocenters. The van der Waals surface area contributed by atoms with Crippen LogP contribution in [0.2, 0.25) is 0 Å². The number of nitrogens with zero attached hydrogens (tertiary/aromatic N) is 2. The highest BCUT2D eigenvalue weighted by Gasteiger charge is 2.12. The standard InChI is InChI=1S/C12H14N6O2/c1-2-9-16-10(18-17-9)11(19)14-7-4-3-5-8(6-7)15-12(13)20/h3-6H,2H2,1H3,(H,14,19)(H3,13,15,20)(H,16,17,18). The number of aromatic amines is 1. The second kappa shape index (κ2) is 5.83. The number of urea groups is 1. The van der Waals surface area contributed by atoms with Gasteiger partial charge in [-0.2, -0.15) is 0 Å². The molecule has 0 radical (unpaired) electrons. The molecule has 3 amide bonds. The van der Waals surface area contributed by atoms with E-state index in [1.807, 2.05) is 6.92 Å². The zero-order valence-corrected chi connectivity index (χ0v) is 10.8. The van der Waals surface area contributed by atoms with Crippen molar-refractivity contribution in [1.82, 2.24) is 15.2 Å². The summed E-state index contributed by atoms with van der Waals surface area (Å²) in [5.41, 5.74) is 6.01. The average Bonchev–Trinajstić information content (AvgIpc) is 2.87. The normalized spacial score (nSPS) is 10.1. The number of rotatable bonds is 4. The Bertz CT molecular complexity index is 636. The molecule has 0 fully saturated rings. The van der Waals surface area contributed by atoms with Gasteiger partial charge in [-0.1, -0.05) is 13.0 Å². The van der Waals surface area contributed by atoms with Gasteiger partial charge in [0.25, 0.3) is 5.91 Å². The monoisotopic (exact) mass is 274 g/mol. The van der Waals surface area contributed by atoms with E-state index in [4.69, 9.17) is 5.73 Å². The molecule has 0 aliphatic carbocycles. The number of carbonyl (C=O) groups excluding carboxylic acids is 2. The molecule has 1 aromatic heterocycles. The smallest absolute Gasteiger partial charge is 0.316 e. The van der Waals surface area contributed by atoms with Crippen molar-refractivity contribution >= 4 is 23.3 Å². The van der Waals surface area contributed by atoms with Crippen molar-refractivity contribution in [3.05, 3.63) is 35.9 Å². The Morgan fingerprint density at radius 2 is 2.00 bits per heavy atom. The van der Waals surface area contributed by atoms with Gasteiger partial charge in [0, 0.05) is 17.8 Å². The second-order valence-electron chi connectivity index (χ2n) is 3.98. The number of H-pyrrole nitrogens is 1. The molecule has 1 heterocycles. The summed E-state index contributed by atoms with van der Waals surface area (Å²) in [7, 11) is 0. The Kier molecular flexibility index (Phi) is 3.94. The molecule has 0 unspecified atom stereocenters. The van der Waals surface area contributed by atoms with Crippen LogP contribution in [0.25, 0.3) is 0 Å². The van der Waals surface area contributed by atoms with Gasteiger partial charge in [0.15, 0.2) is 0 Å². The van der Waals surface area contributed by atoms with Crippen LogP contribution in [0, 0.1) is 0 Å². The van der Waals surface area contributed by atoms with Crippen molar-refractivity contribution < 1.29 is 9.59 Å². The molecule has 20 heavy (non-hydrogen) atoms. The van der Waals surface area contributed by atoms with Crippen molar-refractivity contribution in [1.29, 1.82) is 0 Å². The number of aryl methyl sites for hydroxylation is 1. The third kappa shape index (κ3) is 3.31. The van der Waals surface area contributed by atoms with E-state index in [1.54, 1.807) is 24.3 Å². The lowest BCUT2D eigenvalue weighted by Gasteiger charge is -2.05. The number of anilines is 2. The molecule has 104 valence electrons. The summed E-state index contributed by atoms with van der Waals surface area (Å²) in [5.74, 6) is 0.270. The van der Waals surface area contributed by atoms with Crippen LogP contribution >= 0.6 is 0 Å². The first-order chi connectivity index (χ1) is 9.58. The third-order valence-corrected chi connectivity index (χ3v) is 2.46. The summed E-state index contributed by atoms with van der Waals surface area (Å²) in [4.78, 5) is 26.7. The Labute approximate surface area is 114 Å². The first-order valence-electron chi connectivity index (χ1n) is 5.97. The Hall–Kier alpha value is -2.90. The molecule has 2 aromatic rings. The highest BCUT2D eigenvalue weighted by atomic mass is 16.2. The molecule has 5 N–H and O–H groups in total. The fourth-order valence-corrected chi connectivity index (χ4v) is 1.56. The number of nitrogens with two attached hydrogens (primary N) is 1. The van der Waals surface area contributed by atoms with E-state index in [9.17, 15) is 9.59 Å². The summed E-state index contributed by atoms with van der Waals surface area (Å²) >= 11 is 0. The fourth-order valence-electron chi connectivity index (χ4n) is 1.56. The minimum atomic E-state index is -0.671. The summed E-state index contributed by atoms with van der Waals surface area (Å²) < 4.78 is 0. The van der Waals surface area contributed by atoms with E-state index in [-0.39, 0.29) is 5.82 Å². The van der Waals surface area contributed by atoms with E-state index in [0.717, 1.165) is 0 Å². The number of benzene rings is 1. The number of primary amides is 1. The maximum absolute atomic E-state index is 11.9. The van der Waals surface area contributed by atoms with Crippen LogP contribution in [0.5, 0.6) is 0 Å². The lowest BCUT2D eigenvalue weighted by atomic mass is 10.2. The molecule has 0 saturated carbocycles. The molecule has 0 spiro atoms. The van der Waals surface area contributed by atoms with Crippen LogP contribution in [0.4, 0.5) is 16.2 Å². The lowest BCUT2D eigenvalue weighted by molar-refractivity contribution is 0.101. The van der Waals surface area contributed by atoms with Gasteiger partial charge in [-0.15, -0.1) is 5.10 Å². The summed E-state index contributed by atoms with van der Waals surface area (Å²) in [6, 6.07) is 5.92. The topological polar surface area (TPSA) is 126 Å². The summed E-state index contributed by atoms with van der Waals surface area (Å²) in [6.07, 6.45) is 0.665. The predicted molar refractivity (Wildman–Crippen MR) is 73.4 cm³/mol. The van der Waals surface area contributed by atoms with E-state index in [2.05, 4.69) is 25.8 Å². The quantitative estimate of drug-likeness (QED) is 0.666. The number of nitrogens with one attached hydrogen (secondary N) is 3. The zero-order valence-electron chi connectivity index (χ0n) is 10.8. The number of hydrogen-bond acceptors (Lipinski definition) is 4. The van der Waals surface area contributed by atoms with Gasteiger partial charge in [-0.05, 0) is 18.2 Å². The van der Waals surface area contributed by atoms with Crippen molar-refractivity contribution in [2.75, 3.05) is 10.6 Å². The van der Waals surface area contributed by atoms with E-state index >= 15 is 0 Å². The van der Waals surface area contributed by atoms with E-state index < -0.39 is 11.9 Å². The molecular weight excluding hydrogens is 260 g/mol. The van der Waals surface area contributed by atoms with Crippen molar-refractivity contribution in [3.8, 4) is 0 Å². The van der Waals surface area contributed by atoms with Crippen LogP contribution in [0.3, 0.4) is 0 Å². The molecule has 1 aromatic carbocycles. The van der Waals surface area contributed by atoms with Gasteiger partial charge in [-0.3, -0.25) is 9.89 Å². The molecule has 0 saturated heterocycles. The predicted octanol–water partition coefficient (Wildman–Crippen LogP) is 1.11. The Morgan fingerprint density at radius 3 is 2.60 bits per heavy atom. The highest BCUT2D eigenvalue weighted by molar-refractivity contribution is 6.02. The van der Waals surface area contributed by atoms with Crippen LogP contribution in [0.1, 0.15) is 23.4 Å². The van der Waals surface area contributed by atoms with Gasteiger partial charge in [0.1, 0.15) is 5.82 Å². The van der Waals surface area contributed by atoms with E-state index in [0.29, 0.717) is 23.6 Å². The van der Waals surface area contributed by atoms with Crippen molar-refractivity contribution in [3.63, 3.8) is 0 Å². The van der Waals surface area contributed by atoms with Gasteiger partial charge in [-0.25, -0.2) is 9.78 Å². The first kappa shape index (κ1) is 13.5. The molecule has 8 nitrogen and oxygen atoms in total. The van der Waals surface area contributed by atoms with Crippen molar-refractivity contribution in [2.24, 2.45) is 5.73 Å². The minimum absolute atomic E-state index is 0.0649. The Morgan fingerprint density at radius 1 is 1.30 bits per heavy atom. The molecular formula is C12H14N6O2. The molecule has 0 bridgehead atoms. The van der Waals surface area contributed by atoms with E-state index in [1.165, 1.54) is 0 Å². The first-order valence-corrected chi connectivity index (χ1v) is 5.97. The fraction of sp³-hybridized carbons (Fsp3) is 0.167. The van der Waals surface area contributed by atoms with Crippen molar-refractivity contribution in [2.45, 2.75) is 13.3 Å². The number of hydrogen-bond donors (Lipinski definition) is 4. The highest BCUT2D eigenvalue weighted by Crippen LogP contribution is 2.15. The molecule has 8 heteroatoms. The minimum Gasteiger partial charge on any atom is -0.351 e. The molecule has 0 aliphatic rings. The van der Waals surface area contributed by atoms with Gasteiger partial charge >= 0.3 is 6.03 Å².